The zero-order chi connectivity index (χ0) is 20.8. The van der Waals surface area contributed by atoms with E-state index < -0.39 is 16.1 Å². The summed E-state index contributed by atoms with van der Waals surface area (Å²) in [7, 11) is -4.06. The third kappa shape index (κ3) is 3.27. The van der Waals surface area contributed by atoms with Crippen molar-refractivity contribution in [3.05, 3.63) is 89.2 Å². The molecule has 0 bridgehead atoms. The molecule has 3 aromatic carbocycles. The maximum Gasteiger partial charge on any atom is 0.343 e. The monoisotopic (exact) mass is 410 g/mol. The van der Waals surface area contributed by atoms with E-state index in [2.05, 4.69) is 0 Å². The van der Waals surface area contributed by atoms with Crippen LogP contribution in [0.15, 0.2) is 71.6 Å². The molecule has 4 rings (SSSR count). The summed E-state index contributed by atoms with van der Waals surface area (Å²) in [4.78, 5) is 14.8. The minimum Gasteiger partial charge on any atom is -0.287 e. The number of hydrogen-bond acceptors (Lipinski definition) is 3. The molecule has 29 heavy (non-hydrogen) atoms. The normalized spacial score (nSPS) is 15.3. The molecule has 0 saturated carbocycles. The van der Waals surface area contributed by atoms with Crippen LogP contribution in [0, 0.1) is 19.7 Å². The molecule has 0 aliphatic carbocycles. The summed E-state index contributed by atoms with van der Waals surface area (Å²) in [5.74, 6) is -0.376. The molecular formula is C22H19FN2O3S. The van der Waals surface area contributed by atoms with Crippen molar-refractivity contribution in [1.29, 1.82) is 0 Å². The number of nitrogens with zero attached hydrogens (tertiary/aromatic N) is 2. The molecule has 0 atom stereocenters. The van der Waals surface area contributed by atoms with E-state index in [0.717, 1.165) is 15.4 Å². The first kappa shape index (κ1) is 19.1. The Bertz CT molecular complexity index is 1210. The van der Waals surface area contributed by atoms with Gasteiger partial charge in [-0.2, -0.15) is 4.31 Å². The van der Waals surface area contributed by atoms with Crippen molar-refractivity contribution in [2.45, 2.75) is 25.3 Å². The Balaban J connectivity index is 1.86. The minimum atomic E-state index is -4.06. The number of amides is 2. The molecule has 1 heterocycles. The van der Waals surface area contributed by atoms with Gasteiger partial charge in [0.15, 0.2) is 0 Å². The summed E-state index contributed by atoms with van der Waals surface area (Å²) in [6.45, 7) is 3.90. The number of fused-ring (bicyclic) bond motifs is 1. The molecule has 0 fully saturated rings. The van der Waals surface area contributed by atoms with Crippen LogP contribution in [0.25, 0.3) is 0 Å². The lowest BCUT2D eigenvalue weighted by Gasteiger charge is -2.36. The Morgan fingerprint density at radius 2 is 1.59 bits per heavy atom. The largest absolute Gasteiger partial charge is 0.343 e. The van der Waals surface area contributed by atoms with Gasteiger partial charge in [0.05, 0.1) is 17.9 Å². The summed E-state index contributed by atoms with van der Waals surface area (Å²) in [6, 6.07) is 16.6. The standard InChI is InChI=1S/C22H19FN2O3S/c1-15-7-12-19(13-16(15)2)25-22(26)24(14-17-8-10-18(23)11-9-17)20-5-3-4-6-21(20)29(25,27)28/h3-13H,14H2,1-2H3. The average molecular weight is 410 g/mol. The Morgan fingerprint density at radius 1 is 0.897 bits per heavy atom. The maximum atomic E-state index is 13.4. The summed E-state index contributed by atoms with van der Waals surface area (Å²) in [5, 5.41) is 0. The Labute approximate surface area is 169 Å². The van der Waals surface area contributed by atoms with E-state index in [9.17, 15) is 17.6 Å². The first-order valence-electron chi connectivity index (χ1n) is 9.06. The van der Waals surface area contributed by atoms with Crippen molar-refractivity contribution in [3.8, 4) is 0 Å². The summed E-state index contributed by atoms with van der Waals surface area (Å²) in [5.41, 5.74) is 3.17. The minimum absolute atomic E-state index is 0.0555. The second kappa shape index (κ2) is 7.00. The summed E-state index contributed by atoms with van der Waals surface area (Å²) in [6.07, 6.45) is 0. The fourth-order valence-corrected chi connectivity index (χ4v) is 4.92. The molecule has 5 nitrogen and oxygen atoms in total. The third-order valence-corrected chi connectivity index (χ3v) is 6.81. The molecule has 148 valence electrons. The highest BCUT2D eigenvalue weighted by molar-refractivity contribution is 7.94. The van der Waals surface area contributed by atoms with Crippen LogP contribution >= 0.6 is 0 Å². The van der Waals surface area contributed by atoms with Crippen LogP contribution < -0.4 is 9.21 Å². The van der Waals surface area contributed by atoms with Crippen LogP contribution in [-0.4, -0.2) is 14.4 Å². The number of carbonyl (C=O) groups is 1. The number of urea groups is 1. The van der Waals surface area contributed by atoms with Gasteiger partial charge in [-0.25, -0.2) is 17.6 Å². The van der Waals surface area contributed by atoms with Crippen molar-refractivity contribution < 1.29 is 17.6 Å². The van der Waals surface area contributed by atoms with Gasteiger partial charge in [0.25, 0.3) is 10.0 Å². The Kier molecular flexibility index (Phi) is 4.62. The molecule has 0 unspecified atom stereocenters. The molecule has 3 aromatic rings. The van der Waals surface area contributed by atoms with Crippen LogP contribution in [0.4, 0.5) is 20.6 Å². The molecule has 2 amide bonds. The fraction of sp³-hybridized carbons (Fsp3) is 0.136. The van der Waals surface area contributed by atoms with Gasteiger partial charge in [0.1, 0.15) is 10.7 Å². The van der Waals surface area contributed by atoms with E-state index >= 15 is 0 Å². The van der Waals surface area contributed by atoms with Gasteiger partial charge in [-0.1, -0.05) is 30.3 Å². The van der Waals surface area contributed by atoms with Crippen molar-refractivity contribution in [1.82, 2.24) is 0 Å². The number of para-hydroxylation sites is 1. The lowest BCUT2D eigenvalue weighted by atomic mass is 10.1. The van der Waals surface area contributed by atoms with Crippen molar-refractivity contribution in [3.63, 3.8) is 0 Å². The lowest BCUT2D eigenvalue weighted by Crippen LogP contribution is -2.50. The van der Waals surface area contributed by atoms with E-state index in [-0.39, 0.29) is 22.9 Å². The number of carbonyl (C=O) groups excluding carboxylic acids is 1. The van der Waals surface area contributed by atoms with Crippen LogP contribution in [0.3, 0.4) is 0 Å². The molecule has 1 aliphatic rings. The van der Waals surface area contributed by atoms with Gasteiger partial charge in [0.2, 0.25) is 0 Å². The zero-order valence-corrected chi connectivity index (χ0v) is 16.8. The molecule has 0 saturated heterocycles. The van der Waals surface area contributed by atoms with Crippen LogP contribution in [0.5, 0.6) is 0 Å². The molecule has 1 aliphatic heterocycles. The number of rotatable bonds is 3. The average Bonchev–Trinajstić information content (AvgIpc) is 2.69. The number of hydrogen-bond donors (Lipinski definition) is 0. The maximum absolute atomic E-state index is 13.4. The molecular weight excluding hydrogens is 391 g/mol. The van der Waals surface area contributed by atoms with E-state index in [1.807, 2.05) is 13.8 Å². The van der Waals surface area contributed by atoms with Gasteiger partial charge < -0.3 is 0 Å². The van der Waals surface area contributed by atoms with Crippen LogP contribution in [0.2, 0.25) is 0 Å². The highest BCUT2D eigenvalue weighted by Crippen LogP contribution is 2.38. The number of halogens is 1. The lowest BCUT2D eigenvalue weighted by molar-refractivity contribution is 0.253. The van der Waals surface area contributed by atoms with Crippen molar-refractivity contribution in [2.75, 3.05) is 9.21 Å². The van der Waals surface area contributed by atoms with E-state index in [1.165, 1.54) is 23.1 Å². The molecule has 0 spiro atoms. The number of aryl methyl sites for hydroxylation is 2. The number of sulfonamides is 1. The predicted molar refractivity (Wildman–Crippen MR) is 110 cm³/mol. The predicted octanol–water partition coefficient (Wildman–Crippen LogP) is 4.78. The highest BCUT2D eigenvalue weighted by Gasteiger charge is 2.42. The van der Waals surface area contributed by atoms with Gasteiger partial charge in [-0.3, -0.25) is 4.90 Å². The van der Waals surface area contributed by atoms with Crippen LogP contribution in [0.1, 0.15) is 16.7 Å². The summed E-state index contributed by atoms with van der Waals surface area (Å²) >= 11 is 0. The van der Waals surface area contributed by atoms with E-state index in [0.29, 0.717) is 11.3 Å². The highest BCUT2D eigenvalue weighted by atomic mass is 32.2. The quantitative estimate of drug-likeness (QED) is 0.625. The smallest absolute Gasteiger partial charge is 0.287 e. The second-order valence-electron chi connectivity index (χ2n) is 7.00. The number of benzene rings is 3. The van der Waals surface area contributed by atoms with Gasteiger partial charge in [-0.05, 0) is 66.9 Å². The molecule has 0 N–H and O–H groups in total. The Hall–Kier alpha value is -3.19. The molecule has 7 heteroatoms. The van der Waals surface area contributed by atoms with E-state index in [4.69, 9.17) is 0 Å². The zero-order valence-electron chi connectivity index (χ0n) is 16.0. The molecule has 0 aromatic heterocycles. The second-order valence-corrected chi connectivity index (χ2v) is 8.76. The van der Waals surface area contributed by atoms with Gasteiger partial charge in [-0.15, -0.1) is 0 Å². The summed E-state index contributed by atoms with van der Waals surface area (Å²) < 4.78 is 40.7. The number of anilines is 2. The Morgan fingerprint density at radius 3 is 2.28 bits per heavy atom. The fourth-order valence-electron chi connectivity index (χ4n) is 3.34. The first-order valence-corrected chi connectivity index (χ1v) is 10.5. The van der Waals surface area contributed by atoms with Gasteiger partial charge in [0, 0.05) is 0 Å². The van der Waals surface area contributed by atoms with Crippen LogP contribution in [-0.2, 0) is 16.6 Å². The topological polar surface area (TPSA) is 57.7 Å². The SMILES string of the molecule is Cc1ccc(N2C(=O)N(Cc3ccc(F)cc3)c3ccccc3S2(=O)=O)cc1C. The van der Waals surface area contributed by atoms with E-state index in [1.54, 1.807) is 48.5 Å². The third-order valence-electron chi connectivity index (χ3n) is 5.06. The van der Waals surface area contributed by atoms with Crippen molar-refractivity contribution in [2.24, 2.45) is 0 Å². The van der Waals surface area contributed by atoms with Gasteiger partial charge >= 0.3 is 6.03 Å². The van der Waals surface area contributed by atoms with Crippen molar-refractivity contribution >= 4 is 27.4 Å². The molecule has 0 radical (unpaired) electrons. The first-order chi connectivity index (χ1) is 13.8.